The van der Waals surface area contributed by atoms with Crippen LogP contribution in [0.1, 0.15) is 18.6 Å². The fraction of sp³-hybridized carbons (Fsp3) is 0.600. The molecule has 2 saturated heterocycles. The predicted molar refractivity (Wildman–Crippen MR) is 82.6 cm³/mol. The van der Waals surface area contributed by atoms with E-state index in [1.165, 1.54) is 4.31 Å². The van der Waals surface area contributed by atoms with Gasteiger partial charge in [-0.05, 0) is 12.5 Å². The summed E-state index contributed by atoms with van der Waals surface area (Å²) in [5.74, 6) is 0. The second kappa shape index (κ2) is 6.64. The molecule has 1 aromatic carbocycles. The summed E-state index contributed by atoms with van der Waals surface area (Å²) < 4.78 is 39.8. The van der Waals surface area contributed by atoms with Gasteiger partial charge in [-0.3, -0.25) is 0 Å². The van der Waals surface area contributed by atoms with E-state index in [-0.39, 0.29) is 12.2 Å². The zero-order valence-corrected chi connectivity index (χ0v) is 13.5. The maximum absolute atomic E-state index is 12.8. The summed E-state index contributed by atoms with van der Waals surface area (Å²) in [6.07, 6.45) is -0.351. The van der Waals surface area contributed by atoms with Gasteiger partial charge in [0.1, 0.15) is 0 Å². The third kappa shape index (κ3) is 3.33. The van der Waals surface area contributed by atoms with Crippen molar-refractivity contribution in [1.82, 2.24) is 8.61 Å². The lowest BCUT2D eigenvalue weighted by molar-refractivity contribution is -0.0577. The Morgan fingerprint density at radius 3 is 2.41 bits per heavy atom. The topological polar surface area (TPSA) is 59.1 Å². The van der Waals surface area contributed by atoms with Crippen molar-refractivity contribution in [2.45, 2.75) is 19.1 Å². The number of rotatable bonds is 3. The lowest BCUT2D eigenvalue weighted by Gasteiger charge is -2.39. The van der Waals surface area contributed by atoms with Crippen LogP contribution in [0.25, 0.3) is 0 Å². The zero-order chi connectivity index (χ0) is 15.6. The zero-order valence-electron chi connectivity index (χ0n) is 12.7. The Kier molecular flexibility index (Phi) is 4.79. The largest absolute Gasteiger partial charge is 0.379 e. The first-order valence-corrected chi connectivity index (χ1v) is 9.00. The Bertz CT molecular complexity index is 587. The minimum absolute atomic E-state index is 0.130. The lowest BCUT2D eigenvalue weighted by Crippen LogP contribution is -2.53. The highest BCUT2D eigenvalue weighted by molar-refractivity contribution is 7.86. The van der Waals surface area contributed by atoms with Crippen molar-refractivity contribution < 1.29 is 17.9 Å². The fourth-order valence-electron chi connectivity index (χ4n) is 2.89. The molecule has 122 valence electrons. The Morgan fingerprint density at radius 2 is 1.73 bits per heavy atom. The van der Waals surface area contributed by atoms with Crippen LogP contribution in [0, 0.1) is 0 Å². The van der Waals surface area contributed by atoms with E-state index in [9.17, 15) is 8.42 Å². The van der Waals surface area contributed by atoms with Crippen LogP contribution in [0.2, 0.25) is 0 Å². The molecule has 2 aliphatic heterocycles. The first-order valence-electron chi connectivity index (χ1n) is 7.61. The minimum Gasteiger partial charge on any atom is -0.379 e. The molecule has 7 heteroatoms. The second-order valence-electron chi connectivity index (χ2n) is 5.68. The van der Waals surface area contributed by atoms with Gasteiger partial charge in [0.05, 0.1) is 25.4 Å². The Labute approximate surface area is 131 Å². The van der Waals surface area contributed by atoms with E-state index < -0.39 is 10.2 Å². The highest BCUT2D eigenvalue weighted by atomic mass is 32.2. The van der Waals surface area contributed by atoms with Crippen LogP contribution in [0.4, 0.5) is 0 Å². The number of hydrogen-bond donors (Lipinski definition) is 0. The number of hydrogen-bond acceptors (Lipinski definition) is 4. The first kappa shape index (κ1) is 15.9. The molecule has 6 nitrogen and oxygen atoms in total. The molecule has 0 amide bonds. The van der Waals surface area contributed by atoms with Crippen LogP contribution >= 0.6 is 0 Å². The van der Waals surface area contributed by atoms with Crippen LogP contribution < -0.4 is 0 Å². The summed E-state index contributed by atoms with van der Waals surface area (Å²) in [7, 11) is -3.45. The van der Waals surface area contributed by atoms with Gasteiger partial charge in [0.15, 0.2) is 0 Å². The van der Waals surface area contributed by atoms with E-state index in [0.717, 1.165) is 5.56 Å². The van der Waals surface area contributed by atoms with Crippen molar-refractivity contribution in [3.63, 3.8) is 0 Å². The van der Waals surface area contributed by atoms with Gasteiger partial charge in [-0.1, -0.05) is 30.3 Å². The average molecular weight is 326 g/mol. The molecule has 2 fully saturated rings. The van der Waals surface area contributed by atoms with Gasteiger partial charge in [-0.2, -0.15) is 17.0 Å². The molecule has 0 saturated carbocycles. The van der Waals surface area contributed by atoms with Gasteiger partial charge in [0, 0.05) is 26.2 Å². The molecule has 2 heterocycles. The summed E-state index contributed by atoms with van der Waals surface area (Å²) in [5.41, 5.74) is 1.01. The summed E-state index contributed by atoms with van der Waals surface area (Å²) in [4.78, 5) is 0. The molecule has 0 aromatic heterocycles. The number of nitrogens with zero attached hydrogens (tertiary/aromatic N) is 2. The van der Waals surface area contributed by atoms with Crippen LogP contribution in [0.15, 0.2) is 30.3 Å². The number of morpholine rings is 2. The van der Waals surface area contributed by atoms with Crippen LogP contribution in [-0.4, -0.2) is 62.5 Å². The molecule has 0 radical (unpaired) electrons. The van der Waals surface area contributed by atoms with Crippen LogP contribution in [0.3, 0.4) is 0 Å². The summed E-state index contributed by atoms with van der Waals surface area (Å²) in [6, 6.07) is 9.78. The summed E-state index contributed by atoms with van der Waals surface area (Å²) >= 11 is 0. The van der Waals surface area contributed by atoms with Gasteiger partial charge in [-0.25, -0.2) is 0 Å². The van der Waals surface area contributed by atoms with E-state index in [4.69, 9.17) is 9.47 Å². The lowest BCUT2D eigenvalue weighted by atomic mass is 10.1. The SMILES string of the molecule is C[C@H]1CN(S(=O)(=O)N2CCOCC2)C[C@H](c2ccccc2)O1. The molecule has 0 aliphatic carbocycles. The van der Waals surface area contributed by atoms with Crippen molar-refractivity contribution >= 4 is 10.2 Å². The smallest absolute Gasteiger partial charge is 0.282 e. The molecular weight excluding hydrogens is 304 g/mol. The van der Waals surface area contributed by atoms with E-state index in [0.29, 0.717) is 39.4 Å². The molecule has 1 aromatic rings. The van der Waals surface area contributed by atoms with E-state index in [1.807, 2.05) is 37.3 Å². The standard InChI is InChI=1S/C15H22N2O4S/c1-13-11-17(22(18,19)16-7-9-20-10-8-16)12-15(21-13)14-5-3-2-4-6-14/h2-6,13,15H,7-12H2,1H3/t13-,15+/m0/s1. The first-order chi connectivity index (χ1) is 10.6. The van der Waals surface area contributed by atoms with E-state index in [1.54, 1.807) is 4.31 Å². The molecule has 0 spiro atoms. The Morgan fingerprint density at radius 1 is 1.05 bits per heavy atom. The quantitative estimate of drug-likeness (QED) is 0.832. The summed E-state index contributed by atoms with van der Waals surface area (Å²) in [6.45, 7) is 4.42. The second-order valence-corrected chi connectivity index (χ2v) is 7.61. The highest BCUT2D eigenvalue weighted by Crippen LogP contribution is 2.27. The van der Waals surface area contributed by atoms with Crippen molar-refractivity contribution in [2.75, 3.05) is 39.4 Å². The van der Waals surface area contributed by atoms with Crippen molar-refractivity contribution in [3.05, 3.63) is 35.9 Å². The number of ether oxygens (including phenoxy) is 2. The number of benzene rings is 1. The van der Waals surface area contributed by atoms with Gasteiger partial charge in [-0.15, -0.1) is 0 Å². The predicted octanol–water partition coefficient (Wildman–Crippen LogP) is 1.03. The summed E-state index contributed by atoms with van der Waals surface area (Å²) in [5, 5.41) is 0. The molecule has 2 aliphatic rings. The molecule has 2 atom stereocenters. The van der Waals surface area contributed by atoms with Gasteiger partial charge in [0.25, 0.3) is 10.2 Å². The molecular formula is C15H22N2O4S. The monoisotopic (exact) mass is 326 g/mol. The maximum atomic E-state index is 12.8. The van der Waals surface area contributed by atoms with Crippen molar-refractivity contribution in [2.24, 2.45) is 0 Å². The highest BCUT2D eigenvalue weighted by Gasteiger charge is 2.37. The van der Waals surface area contributed by atoms with E-state index >= 15 is 0 Å². The van der Waals surface area contributed by atoms with Gasteiger partial charge in [0.2, 0.25) is 0 Å². The molecule has 0 N–H and O–H groups in total. The van der Waals surface area contributed by atoms with E-state index in [2.05, 4.69) is 0 Å². The third-order valence-corrected chi connectivity index (χ3v) is 5.99. The third-order valence-electron chi connectivity index (χ3n) is 4.02. The Balaban J connectivity index is 1.78. The van der Waals surface area contributed by atoms with Gasteiger partial charge < -0.3 is 9.47 Å². The maximum Gasteiger partial charge on any atom is 0.282 e. The van der Waals surface area contributed by atoms with Crippen molar-refractivity contribution in [1.29, 1.82) is 0 Å². The Hall–Kier alpha value is -0.990. The van der Waals surface area contributed by atoms with Crippen LogP contribution in [-0.2, 0) is 19.7 Å². The minimum atomic E-state index is -3.45. The molecule has 22 heavy (non-hydrogen) atoms. The normalized spacial score (nSPS) is 28.6. The molecule has 3 rings (SSSR count). The van der Waals surface area contributed by atoms with Crippen molar-refractivity contribution in [3.8, 4) is 0 Å². The van der Waals surface area contributed by atoms with Gasteiger partial charge >= 0.3 is 0 Å². The fourth-order valence-corrected chi connectivity index (χ4v) is 4.55. The molecule has 0 bridgehead atoms. The van der Waals surface area contributed by atoms with Crippen LogP contribution in [0.5, 0.6) is 0 Å². The average Bonchev–Trinajstić information content (AvgIpc) is 2.56. The molecule has 0 unspecified atom stereocenters.